The van der Waals surface area contributed by atoms with Gasteiger partial charge in [0, 0.05) is 23.7 Å². The molecule has 0 saturated heterocycles. The van der Waals surface area contributed by atoms with Crippen molar-refractivity contribution in [2.45, 2.75) is 37.8 Å². The zero-order valence-corrected chi connectivity index (χ0v) is 8.39. The molecule has 13 heavy (non-hydrogen) atoms. The molecule has 1 fully saturated rings. The fraction of sp³-hybridized carbons (Fsp3) is 0.667. The Morgan fingerprint density at radius 1 is 1.46 bits per heavy atom. The molecule has 0 radical (unpaired) electrons. The van der Waals surface area contributed by atoms with Gasteiger partial charge in [-0.1, -0.05) is 12.8 Å². The Morgan fingerprint density at radius 3 is 3.00 bits per heavy atom. The summed E-state index contributed by atoms with van der Waals surface area (Å²) >= 11 is 1.64. The van der Waals surface area contributed by atoms with Crippen molar-refractivity contribution in [2.24, 2.45) is 5.73 Å². The van der Waals surface area contributed by atoms with E-state index in [1.54, 1.807) is 11.3 Å². The van der Waals surface area contributed by atoms with E-state index in [1.807, 2.05) is 11.6 Å². The molecule has 3 nitrogen and oxygen atoms in total. The number of nitrogens with two attached hydrogens (primary N) is 1. The topological polar surface area (TPSA) is 50.9 Å². The van der Waals surface area contributed by atoms with Gasteiger partial charge < -0.3 is 11.1 Å². The molecule has 72 valence electrons. The van der Waals surface area contributed by atoms with Gasteiger partial charge in [-0.25, -0.2) is 4.98 Å². The van der Waals surface area contributed by atoms with Crippen LogP contribution in [0.1, 0.15) is 25.7 Å². The summed E-state index contributed by atoms with van der Waals surface area (Å²) in [6.07, 6.45) is 6.71. The molecule has 4 heteroatoms. The van der Waals surface area contributed by atoms with E-state index < -0.39 is 0 Å². The van der Waals surface area contributed by atoms with Crippen molar-refractivity contribution in [1.29, 1.82) is 0 Å². The predicted octanol–water partition coefficient (Wildman–Crippen LogP) is 1.82. The molecule has 2 atom stereocenters. The first-order valence-corrected chi connectivity index (χ1v) is 5.66. The average molecular weight is 197 g/mol. The van der Waals surface area contributed by atoms with Gasteiger partial charge in [-0.05, 0) is 12.8 Å². The van der Waals surface area contributed by atoms with Crippen LogP contribution in [-0.4, -0.2) is 17.1 Å². The number of nitrogens with zero attached hydrogens (tertiary/aromatic N) is 1. The summed E-state index contributed by atoms with van der Waals surface area (Å²) in [6.45, 7) is 0. The first-order valence-electron chi connectivity index (χ1n) is 4.78. The summed E-state index contributed by atoms with van der Waals surface area (Å²) in [7, 11) is 0. The Kier molecular flexibility index (Phi) is 2.80. The third-order valence-corrected chi connectivity index (χ3v) is 3.26. The molecule has 1 aliphatic rings. The second-order valence-electron chi connectivity index (χ2n) is 3.54. The standard InChI is InChI=1S/C9H15N3S/c10-7-3-1-2-4-8(7)12-9-11-5-6-13-9/h5-8H,1-4,10H2,(H,11,12). The molecule has 0 bridgehead atoms. The summed E-state index contributed by atoms with van der Waals surface area (Å²) in [5.74, 6) is 0. The molecule has 1 saturated carbocycles. The minimum absolute atomic E-state index is 0.303. The summed E-state index contributed by atoms with van der Waals surface area (Å²) in [4.78, 5) is 4.20. The molecule has 0 amide bonds. The number of hydrogen-bond acceptors (Lipinski definition) is 4. The van der Waals surface area contributed by atoms with Gasteiger partial charge in [-0.2, -0.15) is 0 Å². The number of nitrogens with one attached hydrogen (secondary N) is 1. The van der Waals surface area contributed by atoms with E-state index in [2.05, 4.69) is 10.3 Å². The number of aromatic nitrogens is 1. The molecular formula is C9H15N3S. The van der Waals surface area contributed by atoms with Gasteiger partial charge in [0.2, 0.25) is 0 Å². The van der Waals surface area contributed by atoms with Crippen molar-refractivity contribution in [2.75, 3.05) is 5.32 Å². The average Bonchev–Trinajstić information content (AvgIpc) is 2.61. The fourth-order valence-electron chi connectivity index (χ4n) is 1.79. The van der Waals surface area contributed by atoms with Crippen molar-refractivity contribution >= 4 is 16.5 Å². The molecule has 2 unspecified atom stereocenters. The van der Waals surface area contributed by atoms with E-state index in [0.717, 1.165) is 11.6 Å². The van der Waals surface area contributed by atoms with E-state index >= 15 is 0 Å². The maximum absolute atomic E-state index is 6.01. The first-order chi connectivity index (χ1) is 6.36. The van der Waals surface area contributed by atoms with Crippen LogP contribution in [0.25, 0.3) is 0 Å². The fourth-order valence-corrected chi connectivity index (χ4v) is 2.38. The lowest BCUT2D eigenvalue weighted by atomic mass is 9.91. The Morgan fingerprint density at radius 2 is 2.31 bits per heavy atom. The normalized spacial score (nSPS) is 28.7. The zero-order valence-electron chi connectivity index (χ0n) is 7.57. The summed E-state index contributed by atoms with van der Waals surface area (Å²) in [6, 6.07) is 0.734. The second-order valence-corrected chi connectivity index (χ2v) is 4.43. The molecule has 0 aromatic carbocycles. The van der Waals surface area contributed by atoms with Crippen LogP contribution in [0.15, 0.2) is 11.6 Å². The summed E-state index contributed by atoms with van der Waals surface area (Å²) in [5, 5.41) is 6.38. The van der Waals surface area contributed by atoms with Crippen LogP contribution in [0.3, 0.4) is 0 Å². The van der Waals surface area contributed by atoms with Crippen molar-refractivity contribution < 1.29 is 0 Å². The quantitative estimate of drug-likeness (QED) is 0.760. The van der Waals surface area contributed by atoms with Crippen molar-refractivity contribution in [3.05, 3.63) is 11.6 Å². The Balaban J connectivity index is 1.93. The van der Waals surface area contributed by atoms with Gasteiger partial charge in [-0.3, -0.25) is 0 Å². The smallest absolute Gasteiger partial charge is 0.182 e. The predicted molar refractivity (Wildman–Crippen MR) is 56.0 cm³/mol. The van der Waals surface area contributed by atoms with Crippen LogP contribution in [0.4, 0.5) is 5.13 Å². The third-order valence-electron chi connectivity index (χ3n) is 2.56. The Labute approximate surface area is 82.4 Å². The molecule has 1 aliphatic carbocycles. The summed E-state index contributed by atoms with van der Waals surface area (Å²) < 4.78 is 0. The minimum Gasteiger partial charge on any atom is -0.357 e. The van der Waals surface area contributed by atoms with Gasteiger partial charge >= 0.3 is 0 Å². The molecule has 3 N–H and O–H groups in total. The van der Waals surface area contributed by atoms with E-state index in [0.29, 0.717) is 12.1 Å². The van der Waals surface area contributed by atoms with Crippen LogP contribution >= 0.6 is 11.3 Å². The van der Waals surface area contributed by atoms with Crippen molar-refractivity contribution in [1.82, 2.24) is 4.98 Å². The molecule has 1 aromatic heterocycles. The zero-order chi connectivity index (χ0) is 9.10. The molecule has 0 aliphatic heterocycles. The highest BCUT2D eigenvalue weighted by atomic mass is 32.1. The van der Waals surface area contributed by atoms with Gasteiger partial charge in [0.05, 0.1) is 0 Å². The van der Waals surface area contributed by atoms with Crippen LogP contribution in [0.2, 0.25) is 0 Å². The van der Waals surface area contributed by atoms with E-state index in [1.165, 1.54) is 19.3 Å². The number of anilines is 1. The lowest BCUT2D eigenvalue weighted by Gasteiger charge is -2.28. The minimum atomic E-state index is 0.303. The lowest BCUT2D eigenvalue weighted by Crippen LogP contribution is -2.42. The SMILES string of the molecule is NC1CCCCC1Nc1nccs1. The van der Waals surface area contributed by atoms with Crippen LogP contribution in [0.5, 0.6) is 0 Å². The van der Waals surface area contributed by atoms with Gasteiger partial charge in [-0.15, -0.1) is 11.3 Å². The van der Waals surface area contributed by atoms with E-state index in [9.17, 15) is 0 Å². The maximum atomic E-state index is 6.01. The number of thiazole rings is 1. The molecule has 2 rings (SSSR count). The number of hydrogen-bond donors (Lipinski definition) is 2. The highest BCUT2D eigenvalue weighted by molar-refractivity contribution is 7.13. The van der Waals surface area contributed by atoms with Crippen LogP contribution in [-0.2, 0) is 0 Å². The Bertz CT molecular complexity index is 247. The van der Waals surface area contributed by atoms with E-state index in [4.69, 9.17) is 5.73 Å². The van der Waals surface area contributed by atoms with Gasteiger partial charge in [0.15, 0.2) is 5.13 Å². The number of rotatable bonds is 2. The highest BCUT2D eigenvalue weighted by Gasteiger charge is 2.21. The first kappa shape index (κ1) is 8.97. The monoisotopic (exact) mass is 197 g/mol. The molecule has 1 heterocycles. The van der Waals surface area contributed by atoms with Gasteiger partial charge in [0.1, 0.15) is 0 Å². The molecule has 0 spiro atoms. The van der Waals surface area contributed by atoms with Crippen molar-refractivity contribution in [3.8, 4) is 0 Å². The van der Waals surface area contributed by atoms with Gasteiger partial charge in [0.25, 0.3) is 0 Å². The molecular weight excluding hydrogens is 182 g/mol. The largest absolute Gasteiger partial charge is 0.357 e. The highest BCUT2D eigenvalue weighted by Crippen LogP contribution is 2.21. The summed E-state index contributed by atoms with van der Waals surface area (Å²) in [5.41, 5.74) is 6.01. The van der Waals surface area contributed by atoms with Crippen LogP contribution in [0, 0.1) is 0 Å². The molecule has 1 aromatic rings. The van der Waals surface area contributed by atoms with Crippen LogP contribution < -0.4 is 11.1 Å². The Hall–Kier alpha value is -0.610. The second kappa shape index (κ2) is 4.07. The third kappa shape index (κ3) is 2.19. The van der Waals surface area contributed by atoms with Crippen molar-refractivity contribution in [3.63, 3.8) is 0 Å². The lowest BCUT2D eigenvalue weighted by molar-refractivity contribution is 0.404. The van der Waals surface area contributed by atoms with E-state index in [-0.39, 0.29) is 0 Å². The maximum Gasteiger partial charge on any atom is 0.182 e.